The largest absolute Gasteiger partial charge is 0.382 e. The summed E-state index contributed by atoms with van der Waals surface area (Å²) < 4.78 is 10.7. The van der Waals surface area contributed by atoms with E-state index in [1.165, 1.54) is 0 Å². The number of ether oxygens (including phenoxy) is 2. The molecule has 0 aliphatic heterocycles. The average molecular weight is 323 g/mol. The van der Waals surface area contributed by atoms with Crippen molar-refractivity contribution in [3.8, 4) is 0 Å². The van der Waals surface area contributed by atoms with Gasteiger partial charge in [0.15, 0.2) is 0 Å². The fourth-order valence-corrected chi connectivity index (χ4v) is 1.80. The Kier molecular flexibility index (Phi) is 6.50. The summed E-state index contributed by atoms with van der Waals surface area (Å²) in [6.45, 7) is 0.833. The number of benzene rings is 1. The zero-order chi connectivity index (χ0) is 12.7. The lowest BCUT2D eigenvalue weighted by Crippen LogP contribution is -2.19. The number of carbonyl (C=O) groups excluding carboxylic acids is 1. The molecule has 1 aromatic carbocycles. The number of anilines is 1. The predicted octanol–water partition coefficient (Wildman–Crippen LogP) is 2.70. The fraction of sp³-hybridized carbons (Fsp3) is 0.364. The maximum atomic E-state index is 11.5. The zero-order valence-electron chi connectivity index (χ0n) is 9.33. The van der Waals surface area contributed by atoms with Crippen molar-refractivity contribution < 1.29 is 14.3 Å². The van der Waals surface area contributed by atoms with E-state index >= 15 is 0 Å². The number of hydrogen-bond acceptors (Lipinski definition) is 3. The fourth-order valence-electron chi connectivity index (χ4n) is 1.08. The third kappa shape index (κ3) is 5.50. The molecule has 0 aromatic heterocycles. The Morgan fingerprint density at radius 2 is 2.24 bits per heavy atom. The molecular weight excluding hydrogens is 309 g/mol. The Balaban J connectivity index is 2.40. The van der Waals surface area contributed by atoms with Crippen LogP contribution < -0.4 is 5.32 Å². The van der Waals surface area contributed by atoms with Crippen molar-refractivity contribution in [1.82, 2.24) is 0 Å². The second-order valence-electron chi connectivity index (χ2n) is 3.22. The number of nitrogens with one attached hydrogen (secondary N) is 1. The van der Waals surface area contributed by atoms with E-state index in [2.05, 4.69) is 21.2 Å². The van der Waals surface area contributed by atoms with E-state index in [4.69, 9.17) is 21.1 Å². The molecule has 4 nitrogen and oxygen atoms in total. The zero-order valence-corrected chi connectivity index (χ0v) is 11.7. The van der Waals surface area contributed by atoms with Crippen molar-refractivity contribution >= 4 is 39.1 Å². The van der Waals surface area contributed by atoms with Gasteiger partial charge in [0.25, 0.3) is 0 Å². The highest BCUT2D eigenvalue weighted by Gasteiger charge is 2.06. The van der Waals surface area contributed by atoms with Gasteiger partial charge in [-0.2, -0.15) is 0 Å². The first-order chi connectivity index (χ1) is 8.13. The third-order valence-electron chi connectivity index (χ3n) is 1.87. The molecule has 0 atom stereocenters. The monoisotopic (exact) mass is 321 g/mol. The highest BCUT2D eigenvalue weighted by Crippen LogP contribution is 2.25. The summed E-state index contributed by atoms with van der Waals surface area (Å²) in [5.41, 5.74) is 0.565. The van der Waals surface area contributed by atoms with Crippen LogP contribution in [0.3, 0.4) is 0 Å². The Labute approximate surface area is 113 Å². The molecule has 1 rings (SSSR count). The smallest absolute Gasteiger partial charge is 0.250 e. The Morgan fingerprint density at radius 1 is 1.47 bits per heavy atom. The normalized spacial score (nSPS) is 10.3. The number of amides is 1. The molecule has 0 aliphatic rings. The summed E-state index contributed by atoms with van der Waals surface area (Å²) in [4.78, 5) is 11.5. The van der Waals surface area contributed by atoms with Crippen LogP contribution in [0.15, 0.2) is 22.7 Å². The molecule has 0 radical (unpaired) electrons. The highest BCUT2D eigenvalue weighted by atomic mass is 79.9. The van der Waals surface area contributed by atoms with Crippen LogP contribution in [-0.2, 0) is 14.3 Å². The molecule has 0 saturated heterocycles. The first kappa shape index (κ1) is 14.4. The lowest BCUT2D eigenvalue weighted by molar-refractivity contribution is -0.121. The Morgan fingerprint density at radius 3 is 2.88 bits per heavy atom. The van der Waals surface area contributed by atoms with Crippen LogP contribution in [0.25, 0.3) is 0 Å². The minimum Gasteiger partial charge on any atom is -0.382 e. The van der Waals surface area contributed by atoms with Crippen molar-refractivity contribution in [3.05, 3.63) is 27.7 Å². The summed E-state index contributed by atoms with van der Waals surface area (Å²) in [5.74, 6) is -0.245. The molecule has 0 bridgehead atoms. The molecule has 0 heterocycles. The van der Waals surface area contributed by atoms with Gasteiger partial charge in [-0.15, -0.1) is 0 Å². The molecule has 1 N–H and O–H groups in total. The second-order valence-corrected chi connectivity index (χ2v) is 4.54. The summed E-state index contributed by atoms with van der Waals surface area (Å²) in [6, 6.07) is 5.23. The van der Waals surface area contributed by atoms with Gasteiger partial charge in [0.2, 0.25) is 5.91 Å². The molecule has 1 aromatic rings. The molecule has 17 heavy (non-hydrogen) atoms. The van der Waals surface area contributed by atoms with Crippen molar-refractivity contribution in [2.45, 2.75) is 0 Å². The van der Waals surface area contributed by atoms with Crippen LogP contribution in [0.1, 0.15) is 0 Å². The Bertz CT molecular complexity index is 387. The molecular formula is C11H13BrClNO3. The maximum Gasteiger partial charge on any atom is 0.250 e. The van der Waals surface area contributed by atoms with Crippen LogP contribution in [0, 0.1) is 0 Å². The molecule has 0 unspecified atom stereocenters. The van der Waals surface area contributed by atoms with Gasteiger partial charge in [0.1, 0.15) is 6.61 Å². The van der Waals surface area contributed by atoms with Gasteiger partial charge in [0, 0.05) is 11.6 Å². The molecule has 1 amide bonds. The predicted molar refractivity (Wildman–Crippen MR) is 70.5 cm³/mol. The molecule has 0 spiro atoms. The van der Waals surface area contributed by atoms with Crippen molar-refractivity contribution in [2.24, 2.45) is 0 Å². The van der Waals surface area contributed by atoms with E-state index < -0.39 is 0 Å². The minimum absolute atomic E-state index is 0.0181. The molecule has 0 aliphatic carbocycles. The highest BCUT2D eigenvalue weighted by molar-refractivity contribution is 9.10. The van der Waals surface area contributed by atoms with E-state index in [1.54, 1.807) is 25.3 Å². The third-order valence-corrected chi connectivity index (χ3v) is 2.68. The van der Waals surface area contributed by atoms with Crippen LogP contribution in [0.5, 0.6) is 0 Å². The van der Waals surface area contributed by atoms with Gasteiger partial charge < -0.3 is 14.8 Å². The summed E-state index contributed by atoms with van der Waals surface area (Å²) in [5, 5.41) is 3.13. The van der Waals surface area contributed by atoms with E-state index in [1.807, 2.05) is 0 Å². The SMILES string of the molecule is COCCOCC(=O)Nc1ccc(Br)cc1Cl. The van der Waals surface area contributed by atoms with Crippen molar-refractivity contribution in [2.75, 3.05) is 32.2 Å². The van der Waals surface area contributed by atoms with Gasteiger partial charge in [-0.25, -0.2) is 0 Å². The second kappa shape index (κ2) is 7.66. The maximum absolute atomic E-state index is 11.5. The van der Waals surface area contributed by atoms with Crippen LogP contribution in [0.2, 0.25) is 5.02 Å². The van der Waals surface area contributed by atoms with Gasteiger partial charge >= 0.3 is 0 Å². The van der Waals surface area contributed by atoms with Crippen LogP contribution >= 0.6 is 27.5 Å². The number of carbonyl (C=O) groups is 1. The molecule has 0 saturated carbocycles. The quantitative estimate of drug-likeness (QED) is 0.819. The number of halogens is 2. The van der Waals surface area contributed by atoms with Gasteiger partial charge in [-0.1, -0.05) is 27.5 Å². The number of methoxy groups -OCH3 is 1. The van der Waals surface area contributed by atoms with E-state index in [9.17, 15) is 4.79 Å². The molecule has 94 valence electrons. The summed E-state index contributed by atoms with van der Waals surface area (Å²) in [6.07, 6.45) is 0. The lowest BCUT2D eigenvalue weighted by Gasteiger charge is -2.07. The number of hydrogen-bond donors (Lipinski definition) is 1. The van der Waals surface area contributed by atoms with Crippen molar-refractivity contribution in [3.63, 3.8) is 0 Å². The summed E-state index contributed by atoms with van der Waals surface area (Å²) in [7, 11) is 1.57. The Hall–Kier alpha value is -0.620. The molecule has 6 heteroatoms. The topological polar surface area (TPSA) is 47.6 Å². The van der Waals surface area contributed by atoms with Gasteiger partial charge in [0.05, 0.1) is 23.9 Å². The van der Waals surface area contributed by atoms with E-state index in [-0.39, 0.29) is 12.5 Å². The minimum atomic E-state index is -0.245. The van der Waals surface area contributed by atoms with Crippen molar-refractivity contribution in [1.29, 1.82) is 0 Å². The summed E-state index contributed by atoms with van der Waals surface area (Å²) >= 11 is 9.24. The van der Waals surface area contributed by atoms with E-state index in [0.29, 0.717) is 23.9 Å². The standard InChI is InChI=1S/C11H13BrClNO3/c1-16-4-5-17-7-11(15)14-10-3-2-8(12)6-9(10)13/h2-3,6H,4-5,7H2,1H3,(H,14,15). The number of rotatable bonds is 6. The first-order valence-electron chi connectivity index (χ1n) is 4.95. The van der Waals surface area contributed by atoms with Gasteiger partial charge in [-0.3, -0.25) is 4.79 Å². The van der Waals surface area contributed by atoms with E-state index in [0.717, 1.165) is 4.47 Å². The van der Waals surface area contributed by atoms with Crippen LogP contribution in [-0.4, -0.2) is 32.8 Å². The lowest BCUT2D eigenvalue weighted by atomic mass is 10.3. The first-order valence-corrected chi connectivity index (χ1v) is 6.12. The van der Waals surface area contributed by atoms with Crippen LogP contribution in [0.4, 0.5) is 5.69 Å². The van der Waals surface area contributed by atoms with Gasteiger partial charge in [-0.05, 0) is 18.2 Å². The average Bonchev–Trinajstić information content (AvgIpc) is 2.28. The molecule has 0 fully saturated rings.